The first-order valence-corrected chi connectivity index (χ1v) is 9.02. The van der Waals surface area contributed by atoms with Gasteiger partial charge < -0.3 is 4.98 Å². The summed E-state index contributed by atoms with van der Waals surface area (Å²) in [7, 11) is 0. The smallest absolute Gasteiger partial charge is 0.310 e. The molecule has 2 aromatic heterocycles. The Hall–Kier alpha value is -2.53. The van der Waals surface area contributed by atoms with Crippen LogP contribution in [0.2, 0.25) is 10.0 Å². The van der Waals surface area contributed by atoms with E-state index in [0.29, 0.717) is 37.6 Å². The van der Waals surface area contributed by atoms with Crippen molar-refractivity contribution in [3.8, 4) is 17.3 Å². The number of nitrogens with one attached hydrogen (secondary N) is 2. The summed E-state index contributed by atoms with van der Waals surface area (Å²) in [6, 6.07) is 11.8. The number of nitriles is 1. The fraction of sp³-hybridized carbons (Fsp3) is 0.0588. The Bertz CT molecular complexity index is 1110. The van der Waals surface area contributed by atoms with Crippen molar-refractivity contribution in [2.75, 3.05) is 0 Å². The molecule has 0 atom stereocenters. The lowest BCUT2D eigenvalue weighted by molar-refractivity contribution is 0.984. The van der Waals surface area contributed by atoms with Crippen LogP contribution in [0.4, 0.5) is 0 Å². The highest BCUT2D eigenvalue weighted by molar-refractivity contribution is 7.98. The van der Waals surface area contributed by atoms with Gasteiger partial charge in [-0.2, -0.15) is 5.26 Å². The molecule has 0 bridgehead atoms. The highest BCUT2D eigenvalue weighted by atomic mass is 35.5. The van der Waals surface area contributed by atoms with Crippen molar-refractivity contribution in [1.29, 1.82) is 5.26 Å². The fourth-order valence-corrected chi connectivity index (χ4v) is 3.61. The number of aromatic amines is 2. The summed E-state index contributed by atoms with van der Waals surface area (Å²) in [5.74, 6) is 0.276. The van der Waals surface area contributed by atoms with E-state index in [1.54, 1.807) is 30.3 Å². The molecule has 26 heavy (non-hydrogen) atoms. The Morgan fingerprint density at radius 3 is 2.62 bits per heavy atom. The number of pyridine rings is 1. The van der Waals surface area contributed by atoms with E-state index >= 15 is 0 Å². The molecule has 0 aliphatic carbocycles. The van der Waals surface area contributed by atoms with Crippen molar-refractivity contribution in [2.45, 2.75) is 10.8 Å². The zero-order chi connectivity index (χ0) is 18.7. The lowest BCUT2D eigenvalue weighted by Gasteiger charge is -2.08. The van der Waals surface area contributed by atoms with Crippen molar-refractivity contribution < 1.29 is 0 Å². The molecule has 0 amide bonds. The third-order valence-electron chi connectivity index (χ3n) is 3.37. The predicted molar refractivity (Wildman–Crippen MR) is 102 cm³/mol. The third-order valence-corrected chi connectivity index (χ3v) is 4.96. The van der Waals surface area contributed by atoms with Gasteiger partial charge in [0, 0.05) is 28.1 Å². The molecule has 130 valence electrons. The summed E-state index contributed by atoms with van der Waals surface area (Å²) in [6.45, 7) is 0. The van der Waals surface area contributed by atoms with Gasteiger partial charge in [-0.15, -0.1) is 0 Å². The first kappa shape index (κ1) is 18.3. The molecule has 3 rings (SSSR count). The Balaban J connectivity index is 1.94. The molecular weight excluding hydrogens is 395 g/mol. The zero-order valence-electron chi connectivity index (χ0n) is 13.0. The second kappa shape index (κ2) is 7.79. The van der Waals surface area contributed by atoms with E-state index in [2.05, 4.69) is 21.0 Å². The van der Waals surface area contributed by atoms with Gasteiger partial charge in [-0.1, -0.05) is 35.0 Å². The molecule has 0 aliphatic rings. The Morgan fingerprint density at radius 2 is 1.92 bits per heavy atom. The van der Waals surface area contributed by atoms with Crippen LogP contribution in [0.5, 0.6) is 0 Å². The maximum Gasteiger partial charge on any atom is 0.325 e. The molecule has 0 unspecified atom stereocenters. The van der Waals surface area contributed by atoms with Crippen molar-refractivity contribution in [3.05, 3.63) is 78.5 Å². The number of benzene rings is 1. The molecule has 0 saturated carbocycles. The average molecular weight is 405 g/mol. The van der Waals surface area contributed by atoms with Crippen LogP contribution in [0.25, 0.3) is 11.3 Å². The van der Waals surface area contributed by atoms with Gasteiger partial charge in [0.25, 0.3) is 5.56 Å². The van der Waals surface area contributed by atoms with Gasteiger partial charge in [-0.25, -0.2) is 9.78 Å². The highest BCUT2D eigenvalue weighted by Crippen LogP contribution is 2.32. The normalized spacial score (nSPS) is 10.5. The van der Waals surface area contributed by atoms with Gasteiger partial charge in [0.2, 0.25) is 0 Å². The van der Waals surface area contributed by atoms with E-state index in [-0.39, 0.29) is 5.75 Å². The number of hydrogen-bond acceptors (Lipinski definition) is 5. The van der Waals surface area contributed by atoms with Crippen molar-refractivity contribution in [1.82, 2.24) is 15.0 Å². The van der Waals surface area contributed by atoms with Crippen LogP contribution in [0.15, 0.2) is 51.0 Å². The third kappa shape index (κ3) is 4.17. The second-order valence-electron chi connectivity index (χ2n) is 5.19. The molecule has 0 saturated heterocycles. The number of hydrogen-bond donors (Lipinski definition) is 2. The summed E-state index contributed by atoms with van der Waals surface area (Å²) < 4.78 is 0. The zero-order valence-corrected chi connectivity index (χ0v) is 15.4. The van der Waals surface area contributed by atoms with Gasteiger partial charge in [0.15, 0.2) is 0 Å². The van der Waals surface area contributed by atoms with Gasteiger partial charge in [0.05, 0.1) is 16.3 Å². The Labute approximate surface area is 161 Å². The van der Waals surface area contributed by atoms with Crippen molar-refractivity contribution >= 4 is 35.0 Å². The minimum absolute atomic E-state index is 0.276. The quantitative estimate of drug-likeness (QED) is 0.646. The van der Waals surface area contributed by atoms with Crippen LogP contribution in [0, 0.1) is 11.3 Å². The molecule has 0 aliphatic heterocycles. The molecule has 3 aromatic rings. The highest BCUT2D eigenvalue weighted by Gasteiger charge is 2.11. The van der Waals surface area contributed by atoms with Crippen molar-refractivity contribution in [2.24, 2.45) is 0 Å². The molecule has 9 heteroatoms. The molecule has 1 aromatic carbocycles. The van der Waals surface area contributed by atoms with E-state index in [1.807, 2.05) is 0 Å². The summed E-state index contributed by atoms with van der Waals surface area (Å²) in [6.07, 6.45) is 0. The van der Waals surface area contributed by atoms with Gasteiger partial charge in [-0.3, -0.25) is 9.78 Å². The second-order valence-corrected chi connectivity index (χ2v) is 6.99. The largest absolute Gasteiger partial charge is 0.325 e. The molecular formula is C17H10Cl2N4O2S. The van der Waals surface area contributed by atoms with Gasteiger partial charge in [0.1, 0.15) is 11.1 Å². The number of thioether (sulfide) groups is 1. The molecule has 6 nitrogen and oxygen atoms in total. The molecule has 2 heterocycles. The lowest BCUT2D eigenvalue weighted by atomic mass is 10.1. The van der Waals surface area contributed by atoms with E-state index < -0.39 is 11.2 Å². The fourth-order valence-electron chi connectivity index (χ4n) is 2.23. The topological polar surface area (TPSA) is 102 Å². The molecule has 2 N–H and O–H groups in total. The summed E-state index contributed by atoms with van der Waals surface area (Å²) >= 11 is 13.4. The van der Waals surface area contributed by atoms with E-state index in [0.717, 1.165) is 0 Å². The maximum atomic E-state index is 11.4. The van der Waals surface area contributed by atoms with Crippen LogP contribution < -0.4 is 11.2 Å². The van der Waals surface area contributed by atoms with E-state index in [4.69, 9.17) is 23.2 Å². The minimum atomic E-state index is -0.580. The SMILES string of the molecule is N#Cc1ccc(-c2ccc(Cl)cc2Cl)nc1SCc1cc(=O)[nH]c(=O)[nH]1. The molecule has 0 spiro atoms. The first-order chi connectivity index (χ1) is 12.5. The van der Waals surface area contributed by atoms with E-state index in [1.165, 1.54) is 17.8 Å². The minimum Gasteiger partial charge on any atom is -0.310 e. The number of aromatic nitrogens is 3. The predicted octanol–water partition coefficient (Wildman–Crippen LogP) is 3.60. The number of rotatable bonds is 4. The van der Waals surface area contributed by atoms with E-state index in [9.17, 15) is 14.9 Å². The van der Waals surface area contributed by atoms with Crippen LogP contribution >= 0.6 is 35.0 Å². The van der Waals surface area contributed by atoms with Crippen LogP contribution in [-0.4, -0.2) is 15.0 Å². The monoisotopic (exact) mass is 404 g/mol. The van der Waals surface area contributed by atoms with Crippen LogP contribution in [-0.2, 0) is 5.75 Å². The number of halogens is 2. The molecule has 0 radical (unpaired) electrons. The van der Waals surface area contributed by atoms with Crippen LogP contribution in [0.3, 0.4) is 0 Å². The summed E-state index contributed by atoms with van der Waals surface area (Å²) in [5, 5.41) is 10.7. The van der Waals surface area contributed by atoms with Gasteiger partial charge >= 0.3 is 5.69 Å². The lowest BCUT2D eigenvalue weighted by Crippen LogP contribution is -2.22. The Kier molecular flexibility index (Phi) is 5.47. The summed E-state index contributed by atoms with van der Waals surface area (Å²) in [5.41, 5.74) is 1.03. The van der Waals surface area contributed by atoms with Gasteiger partial charge in [-0.05, 0) is 30.3 Å². The maximum absolute atomic E-state index is 11.4. The standard InChI is InChI=1S/C17H10Cl2N4O2S/c18-10-2-3-12(13(19)5-10)14-4-1-9(7-20)16(22-14)26-8-11-6-15(24)23-17(25)21-11/h1-6H,8H2,(H2,21,23,24,25). The number of H-pyrrole nitrogens is 2. The number of nitrogens with zero attached hydrogens (tertiary/aromatic N) is 2. The first-order valence-electron chi connectivity index (χ1n) is 7.28. The van der Waals surface area contributed by atoms with Crippen LogP contribution in [0.1, 0.15) is 11.3 Å². The Morgan fingerprint density at radius 1 is 1.12 bits per heavy atom. The average Bonchev–Trinajstić information content (AvgIpc) is 2.59. The molecule has 0 fully saturated rings. The summed E-state index contributed by atoms with van der Waals surface area (Å²) in [4.78, 5) is 31.8. The van der Waals surface area contributed by atoms with Crippen molar-refractivity contribution in [3.63, 3.8) is 0 Å².